The molecule has 0 spiro atoms. The fourth-order valence-corrected chi connectivity index (χ4v) is 1.90. The highest BCUT2D eigenvalue weighted by atomic mass is 79.9. The summed E-state index contributed by atoms with van der Waals surface area (Å²) in [6.07, 6.45) is 2.29. The van der Waals surface area contributed by atoms with Crippen molar-refractivity contribution >= 4 is 15.9 Å². The summed E-state index contributed by atoms with van der Waals surface area (Å²) in [7, 11) is 0. The largest absolute Gasteiger partial charge is 0.390 e. The second kappa shape index (κ2) is 6.56. The molecule has 1 aliphatic rings. The number of hydrogen-bond acceptors (Lipinski definition) is 3. The molecule has 0 aliphatic carbocycles. The van der Waals surface area contributed by atoms with E-state index < -0.39 is 0 Å². The molecule has 0 bridgehead atoms. The van der Waals surface area contributed by atoms with Gasteiger partial charge < -0.3 is 15.3 Å². The maximum absolute atomic E-state index is 9.67. The molecule has 14 heavy (non-hydrogen) atoms. The van der Waals surface area contributed by atoms with Crippen LogP contribution in [0.3, 0.4) is 0 Å². The lowest BCUT2D eigenvalue weighted by atomic mass is 10.3. The SMILES string of the molecule is C=C(Br)CNCC(O)CN1CCCC1. The van der Waals surface area contributed by atoms with Crippen molar-refractivity contribution in [3.8, 4) is 0 Å². The van der Waals surface area contributed by atoms with Gasteiger partial charge in [-0.1, -0.05) is 22.5 Å². The lowest BCUT2D eigenvalue weighted by molar-refractivity contribution is 0.124. The minimum absolute atomic E-state index is 0.264. The maximum Gasteiger partial charge on any atom is 0.0791 e. The highest BCUT2D eigenvalue weighted by Gasteiger charge is 2.14. The lowest BCUT2D eigenvalue weighted by Gasteiger charge is -2.19. The van der Waals surface area contributed by atoms with Gasteiger partial charge >= 0.3 is 0 Å². The van der Waals surface area contributed by atoms with Crippen LogP contribution >= 0.6 is 15.9 Å². The summed E-state index contributed by atoms with van der Waals surface area (Å²) in [6, 6.07) is 0. The molecular weight excluding hydrogens is 244 g/mol. The predicted molar refractivity (Wildman–Crippen MR) is 62.6 cm³/mol. The average Bonchev–Trinajstić information content (AvgIpc) is 2.56. The van der Waals surface area contributed by atoms with Gasteiger partial charge in [0, 0.05) is 24.1 Å². The van der Waals surface area contributed by atoms with E-state index in [0.717, 1.165) is 30.7 Å². The van der Waals surface area contributed by atoms with Crippen molar-refractivity contribution in [1.82, 2.24) is 10.2 Å². The molecule has 1 rings (SSSR count). The summed E-state index contributed by atoms with van der Waals surface area (Å²) in [6.45, 7) is 8.15. The van der Waals surface area contributed by atoms with Crippen molar-refractivity contribution in [1.29, 1.82) is 0 Å². The monoisotopic (exact) mass is 262 g/mol. The van der Waals surface area contributed by atoms with Crippen molar-refractivity contribution in [2.75, 3.05) is 32.7 Å². The number of hydrogen-bond donors (Lipinski definition) is 2. The maximum atomic E-state index is 9.67. The van der Waals surface area contributed by atoms with E-state index in [0.29, 0.717) is 6.54 Å². The summed E-state index contributed by atoms with van der Waals surface area (Å²) in [5.41, 5.74) is 0. The molecule has 1 saturated heterocycles. The van der Waals surface area contributed by atoms with E-state index in [1.807, 2.05) is 0 Å². The first kappa shape index (κ1) is 12.2. The Labute approximate surface area is 94.3 Å². The van der Waals surface area contributed by atoms with Gasteiger partial charge in [-0.2, -0.15) is 0 Å². The zero-order valence-electron chi connectivity index (χ0n) is 8.51. The molecule has 4 heteroatoms. The Morgan fingerprint density at radius 2 is 2.14 bits per heavy atom. The summed E-state index contributed by atoms with van der Waals surface area (Å²) >= 11 is 3.26. The van der Waals surface area contributed by atoms with Crippen LogP contribution in [0.25, 0.3) is 0 Å². The molecule has 0 aromatic carbocycles. The van der Waals surface area contributed by atoms with Gasteiger partial charge in [-0.15, -0.1) is 0 Å². The Bertz CT molecular complexity index is 181. The quantitative estimate of drug-likeness (QED) is 0.748. The van der Waals surface area contributed by atoms with Gasteiger partial charge in [0.2, 0.25) is 0 Å². The Balaban J connectivity index is 2.03. The van der Waals surface area contributed by atoms with Crippen LogP contribution in [0.15, 0.2) is 11.1 Å². The number of likely N-dealkylation sites (tertiary alicyclic amines) is 1. The van der Waals surface area contributed by atoms with E-state index in [2.05, 4.69) is 32.7 Å². The van der Waals surface area contributed by atoms with Gasteiger partial charge in [0.15, 0.2) is 0 Å². The Morgan fingerprint density at radius 3 is 2.71 bits per heavy atom. The third-order valence-electron chi connectivity index (χ3n) is 2.36. The van der Waals surface area contributed by atoms with Gasteiger partial charge in [-0.3, -0.25) is 0 Å². The normalized spacial score (nSPS) is 19.9. The summed E-state index contributed by atoms with van der Waals surface area (Å²) < 4.78 is 0.922. The first-order valence-corrected chi connectivity index (χ1v) is 5.92. The highest BCUT2D eigenvalue weighted by Crippen LogP contribution is 2.07. The Kier molecular flexibility index (Phi) is 5.70. The molecule has 82 valence electrons. The van der Waals surface area contributed by atoms with Gasteiger partial charge in [-0.05, 0) is 25.9 Å². The van der Waals surface area contributed by atoms with Crippen LogP contribution < -0.4 is 5.32 Å². The second-order valence-electron chi connectivity index (χ2n) is 3.81. The van der Waals surface area contributed by atoms with Crippen LogP contribution in [-0.2, 0) is 0 Å². The molecular formula is C10H19BrN2O. The standard InChI is InChI=1S/C10H19BrN2O/c1-9(11)6-12-7-10(14)8-13-4-2-3-5-13/h10,12,14H,1-8H2. The molecule has 2 N–H and O–H groups in total. The third kappa shape index (κ3) is 5.10. The number of nitrogens with zero attached hydrogens (tertiary/aromatic N) is 1. The third-order valence-corrected chi connectivity index (χ3v) is 2.64. The minimum atomic E-state index is -0.264. The van der Waals surface area contributed by atoms with Crippen molar-refractivity contribution < 1.29 is 5.11 Å². The molecule has 0 saturated carbocycles. The number of β-amino-alcohol motifs (C(OH)–C–C–N with tert-alkyl or cyclic N) is 1. The highest BCUT2D eigenvalue weighted by molar-refractivity contribution is 9.11. The first-order valence-electron chi connectivity index (χ1n) is 5.13. The van der Waals surface area contributed by atoms with Crippen molar-refractivity contribution in [2.24, 2.45) is 0 Å². The molecule has 0 aromatic rings. The van der Waals surface area contributed by atoms with E-state index in [9.17, 15) is 5.11 Å². The average molecular weight is 263 g/mol. The van der Waals surface area contributed by atoms with Crippen molar-refractivity contribution in [3.05, 3.63) is 11.1 Å². The van der Waals surface area contributed by atoms with Crippen molar-refractivity contribution in [3.63, 3.8) is 0 Å². The van der Waals surface area contributed by atoms with E-state index in [1.165, 1.54) is 12.8 Å². The predicted octanol–water partition coefficient (Wildman–Crippen LogP) is 0.941. The summed E-state index contributed by atoms with van der Waals surface area (Å²) in [5.74, 6) is 0. The number of halogens is 1. The fourth-order valence-electron chi connectivity index (χ4n) is 1.70. The topological polar surface area (TPSA) is 35.5 Å². The zero-order chi connectivity index (χ0) is 10.4. The first-order chi connectivity index (χ1) is 6.68. The van der Waals surface area contributed by atoms with Crippen LogP contribution in [-0.4, -0.2) is 48.8 Å². The molecule has 3 nitrogen and oxygen atoms in total. The molecule has 1 heterocycles. The lowest BCUT2D eigenvalue weighted by Crippen LogP contribution is -2.37. The van der Waals surface area contributed by atoms with Crippen LogP contribution in [0.4, 0.5) is 0 Å². The molecule has 0 amide bonds. The van der Waals surface area contributed by atoms with E-state index in [-0.39, 0.29) is 6.10 Å². The van der Waals surface area contributed by atoms with E-state index in [1.54, 1.807) is 0 Å². The smallest absolute Gasteiger partial charge is 0.0791 e. The van der Waals surface area contributed by atoms with Gasteiger partial charge in [0.05, 0.1) is 6.10 Å². The van der Waals surface area contributed by atoms with Crippen LogP contribution in [0.2, 0.25) is 0 Å². The molecule has 1 unspecified atom stereocenters. The van der Waals surface area contributed by atoms with Crippen LogP contribution in [0.1, 0.15) is 12.8 Å². The van der Waals surface area contributed by atoms with E-state index >= 15 is 0 Å². The fraction of sp³-hybridized carbons (Fsp3) is 0.800. The van der Waals surface area contributed by atoms with E-state index in [4.69, 9.17) is 0 Å². The Hall–Kier alpha value is 0.1000. The minimum Gasteiger partial charge on any atom is -0.390 e. The number of aliphatic hydroxyl groups is 1. The molecule has 1 atom stereocenters. The van der Waals surface area contributed by atoms with Crippen LogP contribution in [0, 0.1) is 0 Å². The zero-order valence-corrected chi connectivity index (χ0v) is 10.1. The number of nitrogens with one attached hydrogen (secondary N) is 1. The van der Waals surface area contributed by atoms with Gasteiger partial charge in [0.25, 0.3) is 0 Å². The number of aliphatic hydroxyl groups excluding tert-OH is 1. The van der Waals surface area contributed by atoms with Crippen LogP contribution in [0.5, 0.6) is 0 Å². The molecule has 1 aliphatic heterocycles. The van der Waals surface area contributed by atoms with Gasteiger partial charge in [0.1, 0.15) is 0 Å². The Morgan fingerprint density at radius 1 is 1.50 bits per heavy atom. The van der Waals surface area contributed by atoms with Crippen molar-refractivity contribution in [2.45, 2.75) is 18.9 Å². The summed E-state index contributed by atoms with van der Waals surface area (Å²) in [5, 5.41) is 12.8. The summed E-state index contributed by atoms with van der Waals surface area (Å²) in [4.78, 5) is 2.31. The molecule has 0 aromatic heterocycles. The molecule has 1 fully saturated rings. The second-order valence-corrected chi connectivity index (χ2v) is 4.93. The van der Waals surface area contributed by atoms with Gasteiger partial charge in [-0.25, -0.2) is 0 Å². The number of rotatable bonds is 6. The molecule has 0 radical (unpaired) electrons.